The maximum absolute atomic E-state index is 12.9. The Labute approximate surface area is 102 Å². The first-order chi connectivity index (χ1) is 7.65. The Kier molecular flexibility index (Phi) is 3.19. The van der Waals surface area contributed by atoms with Gasteiger partial charge in [-0.3, -0.25) is 0 Å². The number of nitrogens with zero attached hydrogens (tertiary/aromatic N) is 1. The van der Waals surface area contributed by atoms with Crippen molar-refractivity contribution in [1.82, 2.24) is 4.98 Å². The zero-order chi connectivity index (χ0) is 11.5. The van der Waals surface area contributed by atoms with Crippen LogP contribution in [0.2, 0.25) is 0 Å². The van der Waals surface area contributed by atoms with Crippen LogP contribution in [0.25, 0.3) is 0 Å². The first-order valence-electron chi connectivity index (χ1n) is 4.80. The van der Waals surface area contributed by atoms with Gasteiger partial charge in [-0.1, -0.05) is 22.0 Å². The van der Waals surface area contributed by atoms with Crippen LogP contribution in [0, 0.1) is 12.9 Å². The fourth-order valence-electron chi connectivity index (χ4n) is 1.32. The first-order valence-corrected chi connectivity index (χ1v) is 5.59. The predicted octanol–water partition coefficient (Wildman–Crippen LogP) is 4.04. The average molecular weight is 281 g/mol. The lowest BCUT2D eigenvalue weighted by atomic mass is 10.2. The summed E-state index contributed by atoms with van der Waals surface area (Å²) in [6.07, 6.45) is 1.43. The van der Waals surface area contributed by atoms with Gasteiger partial charge in [-0.25, -0.2) is 4.98 Å². The van der Waals surface area contributed by atoms with Gasteiger partial charge >= 0.3 is 0 Å². The molecule has 0 aliphatic heterocycles. The molecule has 1 aromatic heterocycles. The maximum Gasteiger partial charge on any atom is 0.214 e. The summed E-state index contributed by atoms with van der Waals surface area (Å²) in [4.78, 5) is 3.50. The molecule has 1 N–H and O–H groups in total. The van der Waals surface area contributed by atoms with Gasteiger partial charge in [0, 0.05) is 28.1 Å². The van der Waals surface area contributed by atoms with Crippen molar-refractivity contribution < 1.29 is 4.39 Å². The molecule has 82 valence electrons. The summed E-state index contributed by atoms with van der Waals surface area (Å²) >= 11 is 3.45. The lowest BCUT2D eigenvalue weighted by Gasteiger charge is -2.07. The third-order valence-corrected chi connectivity index (χ3v) is 3.04. The standard InChI is InChI=1S/C12H10BrFN2/c1-8-2-3-9(6-11(8)13)16-10-4-5-15-12(14)7-10/h2-7H,1H3,(H,15,16). The Morgan fingerprint density at radius 1 is 1.19 bits per heavy atom. The second-order valence-electron chi connectivity index (χ2n) is 3.46. The van der Waals surface area contributed by atoms with Crippen LogP contribution in [0.5, 0.6) is 0 Å². The Balaban J connectivity index is 2.24. The number of aryl methyl sites for hydroxylation is 1. The second kappa shape index (κ2) is 4.61. The van der Waals surface area contributed by atoms with Gasteiger partial charge in [-0.15, -0.1) is 0 Å². The smallest absolute Gasteiger partial charge is 0.214 e. The van der Waals surface area contributed by atoms with Crippen LogP contribution >= 0.6 is 15.9 Å². The quantitative estimate of drug-likeness (QED) is 0.840. The normalized spacial score (nSPS) is 10.2. The van der Waals surface area contributed by atoms with Gasteiger partial charge in [-0.05, 0) is 30.7 Å². The van der Waals surface area contributed by atoms with E-state index in [-0.39, 0.29) is 0 Å². The van der Waals surface area contributed by atoms with Crippen LogP contribution in [0.4, 0.5) is 15.8 Å². The zero-order valence-electron chi connectivity index (χ0n) is 8.67. The highest BCUT2D eigenvalue weighted by Gasteiger charge is 1.99. The van der Waals surface area contributed by atoms with Crippen molar-refractivity contribution in [2.24, 2.45) is 0 Å². The number of anilines is 2. The molecule has 1 heterocycles. The number of halogens is 2. The molecule has 2 rings (SSSR count). The van der Waals surface area contributed by atoms with Gasteiger partial charge in [0.2, 0.25) is 5.95 Å². The number of hydrogen-bond acceptors (Lipinski definition) is 2. The summed E-state index contributed by atoms with van der Waals surface area (Å²) in [6.45, 7) is 2.01. The summed E-state index contributed by atoms with van der Waals surface area (Å²) in [7, 11) is 0. The monoisotopic (exact) mass is 280 g/mol. The van der Waals surface area contributed by atoms with Crippen molar-refractivity contribution in [3.05, 3.63) is 52.5 Å². The molecular formula is C12H10BrFN2. The van der Waals surface area contributed by atoms with Gasteiger partial charge < -0.3 is 5.32 Å². The molecule has 0 aliphatic rings. The van der Waals surface area contributed by atoms with Crippen molar-refractivity contribution >= 4 is 27.3 Å². The summed E-state index contributed by atoms with van der Waals surface area (Å²) < 4.78 is 13.9. The molecule has 0 saturated carbocycles. The van der Waals surface area contributed by atoms with E-state index in [0.29, 0.717) is 5.69 Å². The first kappa shape index (κ1) is 11.1. The lowest BCUT2D eigenvalue weighted by molar-refractivity contribution is 0.584. The highest BCUT2D eigenvalue weighted by Crippen LogP contribution is 2.23. The van der Waals surface area contributed by atoms with Crippen molar-refractivity contribution in [1.29, 1.82) is 0 Å². The van der Waals surface area contributed by atoms with Gasteiger partial charge in [-0.2, -0.15) is 4.39 Å². The minimum Gasteiger partial charge on any atom is -0.355 e. The number of rotatable bonds is 2. The SMILES string of the molecule is Cc1ccc(Nc2ccnc(F)c2)cc1Br. The van der Waals surface area contributed by atoms with Gasteiger partial charge in [0.05, 0.1) is 0 Å². The van der Waals surface area contributed by atoms with Crippen LogP contribution in [0.1, 0.15) is 5.56 Å². The van der Waals surface area contributed by atoms with E-state index in [2.05, 4.69) is 26.2 Å². The van der Waals surface area contributed by atoms with Crippen molar-refractivity contribution in [2.45, 2.75) is 6.92 Å². The molecule has 16 heavy (non-hydrogen) atoms. The van der Waals surface area contributed by atoms with Gasteiger partial charge in [0.15, 0.2) is 0 Å². The van der Waals surface area contributed by atoms with Gasteiger partial charge in [0.25, 0.3) is 0 Å². The van der Waals surface area contributed by atoms with E-state index < -0.39 is 5.95 Å². The van der Waals surface area contributed by atoms with Crippen LogP contribution in [0.15, 0.2) is 41.0 Å². The highest BCUT2D eigenvalue weighted by atomic mass is 79.9. The number of aromatic nitrogens is 1. The minimum atomic E-state index is -0.490. The fourth-order valence-corrected chi connectivity index (χ4v) is 1.70. The summed E-state index contributed by atoms with van der Waals surface area (Å²) in [5.41, 5.74) is 2.75. The van der Waals surface area contributed by atoms with E-state index in [1.165, 1.54) is 12.3 Å². The molecule has 1 aromatic carbocycles. The average Bonchev–Trinajstić information content (AvgIpc) is 2.24. The third-order valence-electron chi connectivity index (χ3n) is 2.19. The summed E-state index contributed by atoms with van der Waals surface area (Å²) in [5, 5.41) is 3.10. The molecule has 2 aromatic rings. The lowest BCUT2D eigenvalue weighted by Crippen LogP contribution is -1.92. The molecule has 0 fully saturated rings. The maximum atomic E-state index is 12.9. The second-order valence-corrected chi connectivity index (χ2v) is 4.31. The van der Waals surface area contributed by atoms with Crippen molar-refractivity contribution in [3.8, 4) is 0 Å². The Hall–Kier alpha value is -1.42. The van der Waals surface area contributed by atoms with E-state index in [0.717, 1.165) is 15.7 Å². The van der Waals surface area contributed by atoms with Crippen LogP contribution in [-0.4, -0.2) is 4.98 Å². The number of pyridine rings is 1. The molecule has 4 heteroatoms. The number of hydrogen-bond donors (Lipinski definition) is 1. The van der Waals surface area contributed by atoms with Crippen molar-refractivity contribution in [2.75, 3.05) is 5.32 Å². The van der Waals surface area contributed by atoms with Crippen LogP contribution in [0.3, 0.4) is 0 Å². The summed E-state index contributed by atoms with van der Waals surface area (Å²) in [6, 6.07) is 8.96. The topological polar surface area (TPSA) is 24.9 Å². The number of benzene rings is 1. The molecule has 0 atom stereocenters. The molecule has 0 bridgehead atoms. The number of nitrogens with one attached hydrogen (secondary N) is 1. The molecule has 0 aliphatic carbocycles. The van der Waals surface area contributed by atoms with E-state index in [9.17, 15) is 4.39 Å². The van der Waals surface area contributed by atoms with Crippen molar-refractivity contribution in [3.63, 3.8) is 0 Å². The molecular weight excluding hydrogens is 271 g/mol. The molecule has 2 nitrogen and oxygen atoms in total. The molecule has 0 spiro atoms. The molecule has 0 saturated heterocycles. The third kappa shape index (κ3) is 2.58. The highest BCUT2D eigenvalue weighted by molar-refractivity contribution is 9.10. The fraction of sp³-hybridized carbons (Fsp3) is 0.0833. The van der Waals surface area contributed by atoms with E-state index in [1.54, 1.807) is 6.07 Å². The summed E-state index contributed by atoms with van der Waals surface area (Å²) in [5.74, 6) is -0.490. The van der Waals surface area contributed by atoms with Crippen LogP contribution < -0.4 is 5.32 Å². The Morgan fingerprint density at radius 2 is 1.94 bits per heavy atom. The van der Waals surface area contributed by atoms with Gasteiger partial charge in [0.1, 0.15) is 0 Å². The van der Waals surface area contributed by atoms with E-state index >= 15 is 0 Å². The largest absolute Gasteiger partial charge is 0.355 e. The van der Waals surface area contributed by atoms with E-state index in [1.807, 2.05) is 25.1 Å². The minimum absolute atomic E-state index is 0.490. The molecule has 0 unspecified atom stereocenters. The molecule has 0 amide bonds. The zero-order valence-corrected chi connectivity index (χ0v) is 10.3. The Morgan fingerprint density at radius 3 is 2.62 bits per heavy atom. The molecule has 0 radical (unpaired) electrons. The Bertz CT molecular complexity index is 514. The predicted molar refractivity (Wildman–Crippen MR) is 66.4 cm³/mol. The van der Waals surface area contributed by atoms with E-state index in [4.69, 9.17) is 0 Å². The van der Waals surface area contributed by atoms with Crippen LogP contribution in [-0.2, 0) is 0 Å².